The second kappa shape index (κ2) is 8.32. The van der Waals surface area contributed by atoms with Crippen LogP contribution in [0.5, 0.6) is 11.5 Å². The highest BCUT2D eigenvalue weighted by atomic mass is 35.5. The van der Waals surface area contributed by atoms with E-state index in [2.05, 4.69) is 0 Å². The maximum Gasteiger partial charge on any atom is 0.341 e. The molecular weight excluding hydrogens is 410 g/mol. The molecule has 0 unspecified atom stereocenters. The minimum absolute atomic E-state index is 0.0374. The van der Waals surface area contributed by atoms with Crippen LogP contribution < -0.4 is 14.9 Å². The van der Waals surface area contributed by atoms with Crippen LogP contribution in [0.4, 0.5) is 0 Å². The molecule has 0 aliphatic carbocycles. The predicted molar refractivity (Wildman–Crippen MR) is 114 cm³/mol. The number of carbonyl (C=O) groups is 1. The maximum absolute atomic E-state index is 12.4. The highest BCUT2D eigenvalue weighted by Crippen LogP contribution is 2.42. The molecule has 30 heavy (non-hydrogen) atoms. The van der Waals surface area contributed by atoms with Crippen molar-refractivity contribution in [1.82, 2.24) is 4.57 Å². The first-order valence-corrected chi connectivity index (χ1v) is 10.1. The van der Waals surface area contributed by atoms with Crippen molar-refractivity contribution < 1.29 is 24.5 Å². The van der Waals surface area contributed by atoms with Crippen LogP contribution in [0.25, 0.3) is 11.3 Å². The minimum atomic E-state index is -1.27. The maximum atomic E-state index is 12.4. The topological polar surface area (TPSA) is 98.0 Å². The molecule has 8 heteroatoms. The Kier molecular flexibility index (Phi) is 6.15. The summed E-state index contributed by atoms with van der Waals surface area (Å²) in [6.45, 7) is 8.27. The van der Waals surface area contributed by atoms with Crippen LogP contribution in [0.2, 0.25) is 5.02 Å². The van der Waals surface area contributed by atoms with E-state index in [1.165, 1.54) is 12.3 Å². The van der Waals surface area contributed by atoms with Crippen molar-refractivity contribution in [2.45, 2.75) is 33.7 Å². The van der Waals surface area contributed by atoms with Crippen molar-refractivity contribution in [2.24, 2.45) is 11.3 Å². The number of nitrogens with zero attached hydrogens (tertiary/aromatic N) is 1. The zero-order chi connectivity index (χ0) is 22.2. The van der Waals surface area contributed by atoms with Crippen LogP contribution in [0.1, 0.15) is 44.1 Å². The molecule has 7 nitrogen and oxygen atoms in total. The summed E-state index contributed by atoms with van der Waals surface area (Å²) in [6, 6.07) is 4.47. The standard InChI is InChI=1S/C22H26ClNO6/c1-12(2)17-9-29-19-7-20(30-11-22(3,4)10-25)15(23)5-13(19)16-6-18(26)14(21(27)28)8-24(16)17/h5-8,12,17,25H,9-11H2,1-4H3,(H,27,28)/t17-/m0/s1. The molecular formula is C22H26ClNO6. The number of fused-ring (bicyclic) bond motifs is 3. The van der Waals surface area contributed by atoms with E-state index in [9.17, 15) is 19.8 Å². The fourth-order valence-corrected chi connectivity index (χ4v) is 3.47. The number of aliphatic hydroxyl groups excluding tert-OH is 1. The van der Waals surface area contributed by atoms with E-state index in [0.29, 0.717) is 34.4 Å². The largest absolute Gasteiger partial charge is 0.491 e. The van der Waals surface area contributed by atoms with Crippen molar-refractivity contribution in [3.63, 3.8) is 0 Å². The monoisotopic (exact) mass is 435 g/mol. The van der Waals surface area contributed by atoms with E-state index in [1.807, 2.05) is 27.7 Å². The van der Waals surface area contributed by atoms with E-state index in [1.54, 1.807) is 16.7 Å². The summed E-state index contributed by atoms with van der Waals surface area (Å²) < 4.78 is 13.6. The normalized spacial score (nSPS) is 15.8. The van der Waals surface area contributed by atoms with Crippen LogP contribution >= 0.6 is 11.6 Å². The summed E-state index contributed by atoms with van der Waals surface area (Å²) in [5.74, 6) is -0.234. The molecule has 1 aromatic heterocycles. The highest BCUT2D eigenvalue weighted by Gasteiger charge is 2.28. The molecule has 0 amide bonds. The molecule has 2 N–H and O–H groups in total. The highest BCUT2D eigenvalue weighted by molar-refractivity contribution is 6.32. The first kappa shape index (κ1) is 22.2. The van der Waals surface area contributed by atoms with Gasteiger partial charge in [0, 0.05) is 29.3 Å². The van der Waals surface area contributed by atoms with Gasteiger partial charge in [0.25, 0.3) is 0 Å². The van der Waals surface area contributed by atoms with Crippen molar-refractivity contribution in [3.8, 4) is 22.8 Å². The minimum Gasteiger partial charge on any atom is -0.491 e. The van der Waals surface area contributed by atoms with Crippen molar-refractivity contribution in [3.05, 3.63) is 45.2 Å². The summed E-state index contributed by atoms with van der Waals surface area (Å²) in [7, 11) is 0. The number of aliphatic hydroxyl groups is 1. The van der Waals surface area contributed by atoms with Crippen molar-refractivity contribution in [1.29, 1.82) is 0 Å². The van der Waals surface area contributed by atoms with Gasteiger partial charge < -0.3 is 24.3 Å². The number of hydrogen-bond acceptors (Lipinski definition) is 5. The van der Waals surface area contributed by atoms with Crippen LogP contribution in [0.15, 0.2) is 29.2 Å². The summed E-state index contributed by atoms with van der Waals surface area (Å²) in [4.78, 5) is 23.9. The number of halogens is 1. The molecule has 2 aromatic rings. The van der Waals surface area contributed by atoms with Gasteiger partial charge in [-0.15, -0.1) is 0 Å². The van der Waals surface area contributed by atoms with Gasteiger partial charge in [-0.2, -0.15) is 0 Å². The zero-order valence-corrected chi connectivity index (χ0v) is 18.2. The predicted octanol–water partition coefficient (Wildman–Crippen LogP) is 3.85. The number of rotatable bonds is 6. The third-order valence-corrected chi connectivity index (χ3v) is 5.50. The van der Waals surface area contributed by atoms with Crippen molar-refractivity contribution in [2.75, 3.05) is 19.8 Å². The molecule has 0 spiro atoms. The van der Waals surface area contributed by atoms with Crippen LogP contribution in [0.3, 0.4) is 0 Å². The Bertz CT molecular complexity index is 1030. The number of ether oxygens (including phenoxy) is 2. The fourth-order valence-electron chi connectivity index (χ4n) is 3.25. The number of aromatic nitrogens is 1. The molecule has 1 atom stereocenters. The van der Waals surface area contributed by atoms with Crippen molar-refractivity contribution >= 4 is 17.6 Å². The molecule has 0 bridgehead atoms. The second-order valence-electron chi connectivity index (χ2n) is 8.66. The lowest BCUT2D eigenvalue weighted by molar-refractivity contribution is 0.0693. The summed E-state index contributed by atoms with van der Waals surface area (Å²) in [5.41, 5.74) is -0.172. The number of carboxylic acid groups (broad SMARTS) is 1. The Morgan fingerprint density at radius 3 is 2.67 bits per heavy atom. The van der Waals surface area contributed by atoms with Crippen LogP contribution in [-0.4, -0.2) is 40.6 Å². The Morgan fingerprint density at radius 2 is 2.07 bits per heavy atom. The molecule has 0 saturated heterocycles. The van der Waals surface area contributed by atoms with Crippen LogP contribution in [0, 0.1) is 11.3 Å². The Morgan fingerprint density at radius 1 is 1.37 bits per heavy atom. The smallest absolute Gasteiger partial charge is 0.341 e. The lowest BCUT2D eigenvalue weighted by atomic mass is 9.96. The molecule has 3 rings (SSSR count). The third kappa shape index (κ3) is 4.32. The summed E-state index contributed by atoms with van der Waals surface area (Å²) in [6.07, 6.45) is 1.38. The Labute approximate surface area is 179 Å². The van der Waals surface area contributed by atoms with Gasteiger partial charge >= 0.3 is 5.97 Å². The van der Waals surface area contributed by atoms with E-state index in [-0.39, 0.29) is 30.7 Å². The quantitative estimate of drug-likeness (QED) is 0.715. The van der Waals surface area contributed by atoms with Gasteiger partial charge in [-0.1, -0.05) is 39.3 Å². The Hall–Kier alpha value is -2.51. The second-order valence-corrected chi connectivity index (χ2v) is 9.07. The van der Waals surface area contributed by atoms with Gasteiger partial charge in [-0.3, -0.25) is 4.79 Å². The number of benzene rings is 1. The van der Waals surface area contributed by atoms with Gasteiger partial charge in [0.05, 0.1) is 30.0 Å². The number of carboxylic acids is 1. The molecule has 162 valence electrons. The molecule has 0 saturated carbocycles. The van der Waals surface area contributed by atoms with E-state index < -0.39 is 16.8 Å². The lowest BCUT2D eigenvalue weighted by Crippen LogP contribution is -2.25. The van der Waals surface area contributed by atoms with Gasteiger partial charge in [0.2, 0.25) is 0 Å². The van der Waals surface area contributed by atoms with E-state index >= 15 is 0 Å². The SMILES string of the molecule is CC(C)[C@@H]1COc2cc(OCC(C)(C)CO)c(Cl)cc2-c2cc(=O)c(C(=O)O)cn21. The van der Waals surface area contributed by atoms with Gasteiger partial charge in [0.1, 0.15) is 23.7 Å². The average molecular weight is 436 g/mol. The molecule has 1 aromatic carbocycles. The molecule has 2 heterocycles. The molecule has 0 radical (unpaired) electrons. The number of hydrogen-bond donors (Lipinski definition) is 2. The third-order valence-electron chi connectivity index (χ3n) is 5.20. The van der Waals surface area contributed by atoms with Crippen LogP contribution in [-0.2, 0) is 0 Å². The van der Waals surface area contributed by atoms with Gasteiger partial charge in [0.15, 0.2) is 5.43 Å². The Balaban J connectivity index is 2.13. The van der Waals surface area contributed by atoms with E-state index in [0.717, 1.165) is 0 Å². The number of aromatic carboxylic acids is 1. The summed E-state index contributed by atoms with van der Waals surface area (Å²) >= 11 is 6.45. The zero-order valence-electron chi connectivity index (χ0n) is 17.4. The summed E-state index contributed by atoms with van der Waals surface area (Å²) in [5, 5.41) is 19.1. The lowest BCUT2D eigenvalue weighted by Gasteiger charge is -2.24. The average Bonchev–Trinajstić information content (AvgIpc) is 2.82. The van der Waals surface area contributed by atoms with Gasteiger partial charge in [-0.05, 0) is 12.0 Å². The van der Waals surface area contributed by atoms with E-state index in [4.69, 9.17) is 21.1 Å². The number of pyridine rings is 1. The molecule has 0 fully saturated rings. The first-order chi connectivity index (χ1) is 14.0. The molecule has 1 aliphatic heterocycles. The fraction of sp³-hybridized carbons (Fsp3) is 0.455. The van der Waals surface area contributed by atoms with Gasteiger partial charge in [-0.25, -0.2) is 4.79 Å². The first-order valence-electron chi connectivity index (χ1n) is 9.74. The molecule has 1 aliphatic rings.